The standard InChI is InChI=1S/C12H20N2S/c1-12(2,3)10-9-15-11(13-10)14-7-5-4-6-8-14/h9H,4-8H2,1-3H3. The summed E-state index contributed by atoms with van der Waals surface area (Å²) >= 11 is 1.80. The zero-order valence-electron chi connectivity index (χ0n) is 9.92. The summed E-state index contributed by atoms with van der Waals surface area (Å²) in [5, 5.41) is 3.43. The topological polar surface area (TPSA) is 16.1 Å². The van der Waals surface area contributed by atoms with Crippen molar-refractivity contribution in [2.45, 2.75) is 45.4 Å². The van der Waals surface area contributed by atoms with Crippen molar-refractivity contribution < 1.29 is 0 Å². The van der Waals surface area contributed by atoms with Crippen molar-refractivity contribution in [2.75, 3.05) is 18.0 Å². The van der Waals surface area contributed by atoms with Crippen LogP contribution in [-0.2, 0) is 5.41 Å². The van der Waals surface area contributed by atoms with E-state index < -0.39 is 0 Å². The van der Waals surface area contributed by atoms with E-state index in [1.807, 2.05) is 0 Å². The number of hydrogen-bond acceptors (Lipinski definition) is 3. The van der Waals surface area contributed by atoms with Crippen molar-refractivity contribution in [1.82, 2.24) is 4.98 Å². The van der Waals surface area contributed by atoms with Gasteiger partial charge in [-0.3, -0.25) is 0 Å². The highest BCUT2D eigenvalue weighted by Crippen LogP contribution is 2.29. The highest BCUT2D eigenvalue weighted by atomic mass is 32.1. The summed E-state index contributed by atoms with van der Waals surface area (Å²) in [7, 11) is 0. The Kier molecular flexibility index (Phi) is 3.01. The molecule has 0 saturated carbocycles. The van der Waals surface area contributed by atoms with Crippen molar-refractivity contribution in [1.29, 1.82) is 0 Å². The number of rotatable bonds is 1. The van der Waals surface area contributed by atoms with Crippen LogP contribution in [0.3, 0.4) is 0 Å². The molecule has 3 heteroatoms. The van der Waals surface area contributed by atoms with Crippen LogP contribution in [0.15, 0.2) is 5.38 Å². The number of hydrogen-bond donors (Lipinski definition) is 0. The second-order valence-electron chi connectivity index (χ2n) is 5.31. The molecular weight excluding hydrogens is 204 g/mol. The number of aromatic nitrogens is 1. The molecular formula is C12H20N2S. The van der Waals surface area contributed by atoms with Gasteiger partial charge in [0, 0.05) is 23.9 Å². The van der Waals surface area contributed by atoms with Crippen molar-refractivity contribution in [3.63, 3.8) is 0 Å². The van der Waals surface area contributed by atoms with Crippen molar-refractivity contribution in [3.05, 3.63) is 11.1 Å². The van der Waals surface area contributed by atoms with E-state index in [0.717, 1.165) is 0 Å². The quantitative estimate of drug-likeness (QED) is 0.726. The summed E-state index contributed by atoms with van der Waals surface area (Å²) < 4.78 is 0. The minimum atomic E-state index is 0.185. The second-order valence-corrected chi connectivity index (χ2v) is 6.15. The Morgan fingerprint density at radius 2 is 1.87 bits per heavy atom. The molecule has 0 atom stereocenters. The Labute approximate surface area is 96.3 Å². The first-order valence-corrected chi connectivity index (χ1v) is 6.66. The highest BCUT2D eigenvalue weighted by molar-refractivity contribution is 7.13. The first-order valence-electron chi connectivity index (χ1n) is 5.78. The Hall–Kier alpha value is -0.570. The Balaban J connectivity index is 2.12. The van der Waals surface area contributed by atoms with Crippen LogP contribution in [0.5, 0.6) is 0 Å². The summed E-state index contributed by atoms with van der Waals surface area (Å²) in [5.41, 5.74) is 1.41. The second kappa shape index (κ2) is 4.12. The molecule has 1 aromatic heterocycles. The molecule has 0 aliphatic carbocycles. The molecule has 0 spiro atoms. The fourth-order valence-corrected chi connectivity index (χ4v) is 2.95. The zero-order chi connectivity index (χ0) is 10.9. The van der Waals surface area contributed by atoms with Gasteiger partial charge in [0.05, 0.1) is 5.69 Å². The molecule has 0 amide bonds. The van der Waals surface area contributed by atoms with E-state index in [9.17, 15) is 0 Å². The molecule has 2 rings (SSSR count). The van der Waals surface area contributed by atoms with E-state index in [1.165, 1.54) is 43.2 Å². The third-order valence-corrected chi connectivity index (χ3v) is 3.79. The summed E-state index contributed by atoms with van der Waals surface area (Å²) in [4.78, 5) is 7.18. The molecule has 0 unspecified atom stereocenters. The van der Waals surface area contributed by atoms with Crippen molar-refractivity contribution in [2.24, 2.45) is 0 Å². The van der Waals surface area contributed by atoms with E-state index in [0.29, 0.717) is 0 Å². The van der Waals surface area contributed by atoms with E-state index in [2.05, 4.69) is 31.1 Å². The van der Waals surface area contributed by atoms with Gasteiger partial charge in [-0.2, -0.15) is 0 Å². The van der Waals surface area contributed by atoms with Gasteiger partial charge in [-0.05, 0) is 19.3 Å². The molecule has 0 bridgehead atoms. The number of anilines is 1. The fourth-order valence-electron chi connectivity index (χ4n) is 1.84. The molecule has 2 heterocycles. The molecule has 0 radical (unpaired) electrons. The lowest BCUT2D eigenvalue weighted by Gasteiger charge is -2.26. The van der Waals surface area contributed by atoms with E-state index in [-0.39, 0.29) is 5.41 Å². The van der Waals surface area contributed by atoms with Crippen LogP contribution in [0.1, 0.15) is 45.7 Å². The molecule has 0 aromatic carbocycles. The minimum Gasteiger partial charge on any atom is -0.348 e. The Bertz CT molecular complexity index is 319. The maximum Gasteiger partial charge on any atom is 0.185 e. The predicted octanol–water partition coefficient (Wildman–Crippen LogP) is 3.43. The molecule has 0 N–H and O–H groups in total. The molecule has 15 heavy (non-hydrogen) atoms. The largest absolute Gasteiger partial charge is 0.348 e. The SMILES string of the molecule is CC(C)(C)c1csc(N2CCCCC2)n1. The lowest BCUT2D eigenvalue weighted by atomic mass is 9.93. The van der Waals surface area contributed by atoms with Gasteiger partial charge in [-0.15, -0.1) is 11.3 Å². The van der Waals surface area contributed by atoms with Crippen LogP contribution in [0.25, 0.3) is 0 Å². The van der Waals surface area contributed by atoms with Crippen LogP contribution in [0.2, 0.25) is 0 Å². The maximum absolute atomic E-state index is 4.75. The van der Waals surface area contributed by atoms with Crippen LogP contribution in [0.4, 0.5) is 5.13 Å². The van der Waals surface area contributed by atoms with Gasteiger partial charge in [-0.25, -0.2) is 4.98 Å². The molecule has 1 aromatic rings. The average molecular weight is 224 g/mol. The third kappa shape index (κ3) is 2.51. The summed E-state index contributed by atoms with van der Waals surface area (Å²) in [6.07, 6.45) is 4.03. The molecule has 1 saturated heterocycles. The van der Waals surface area contributed by atoms with E-state index in [4.69, 9.17) is 4.98 Å². The molecule has 84 valence electrons. The minimum absolute atomic E-state index is 0.185. The maximum atomic E-state index is 4.75. The number of piperidine rings is 1. The summed E-state index contributed by atoms with van der Waals surface area (Å²) in [6.45, 7) is 9.06. The van der Waals surface area contributed by atoms with E-state index >= 15 is 0 Å². The van der Waals surface area contributed by atoms with Crippen molar-refractivity contribution >= 4 is 16.5 Å². The Morgan fingerprint density at radius 1 is 1.20 bits per heavy atom. The van der Waals surface area contributed by atoms with Gasteiger partial charge in [0.1, 0.15) is 0 Å². The molecule has 2 nitrogen and oxygen atoms in total. The van der Waals surface area contributed by atoms with E-state index in [1.54, 1.807) is 11.3 Å². The molecule has 1 aliphatic rings. The molecule has 1 fully saturated rings. The average Bonchev–Trinajstić information content (AvgIpc) is 2.67. The van der Waals surface area contributed by atoms with Crippen LogP contribution in [0, 0.1) is 0 Å². The normalized spacial score (nSPS) is 18.2. The fraction of sp³-hybridized carbons (Fsp3) is 0.750. The lowest BCUT2D eigenvalue weighted by Crippen LogP contribution is -2.29. The molecule has 1 aliphatic heterocycles. The first kappa shape index (κ1) is 10.9. The van der Waals surface area contributed by atoms with Crippen LogP contribution < -0.4 is 4.90 Å². The van der Waals surface area contributed by atoms with Crippen molar-refractivity contribution in [3.8, 4) is 0 Å². The van der Waals surface area contributed by atoms with Gasteiger partial charge in [-0.1, -0.05) is 20.8 Å². The smallest absolute Gasteiger partial charge is 0.185 e. The summed E-state index contributed by atoms with van der Waals surface area (Å²) in [6, 6.07) is 0. The van der Waals surface area contributed by atoms with Gasteiger partial charge in [0.15, 0.2) is 5.13 Å². The predicted molar refractivity (Wildman–Crippen MR) is 66.9 cm³/mol. The Morgan fingerprint density at radius 3 is 2.40 bits per heavy atom. The van der Waals surface area contributed by atoms with Gasteiger partial charge in [0.25, 0.3) is 0 Å². The highest BCUT2D eigenvalue weighted by Gasteiger charge is 2.20. The summed E-state index contributed by atoms with van der Waals surface area (Å²) in [5.74, 6) is 0. The van der Waals surface area contributed by atoms with Crippen LogP contribution >= 0.6 is 11.3 Å². The zero-order valence-corrected chi connectivity index (χ0v) is 10.7. The lowest BCUT2D eigenvalue weighted by molar-refractivity contribution is 0.560. The van der Waals surface area contributed by atoms with Gasteiger partial charge >= 0.3 is 0 Å². The third-order valence-electron chi connectivity index (χ3n) is 2.89. The monoisotopic (exact) mass is 224 g/mol. The van der Waals surface area contributed by atoms with Gasteiger partial charge in [0.2, 0.25) is 0 Å². The first-order chi connectivity index (χ1) is 7.07. The van der Waals surface area contributed by atoms with Crippen LogP contribution in [-0.4, -0.2) is 18.1 Å². The number of nitrogens with zero attached hydrogens (tertiary/aromatic N) is 2. The number of thiazole rings is 1. The van der Waals surface area contributed by atoms with Gasteiger partial charge < -0.3 is 4.90 Å².